The highest BCUT2D eigenvalue weighted by Crippen LogP contribution is 2.11. The van der Waals surface area contributed by atoms with Gasteiger partial charge in [0.2, 0.25) is 0 Å². The van der Waals surface area contributed by atoms with Crippen LogP contribution in [0.4, 0.5) is 0 Å². The number of unbranched alkanes of at least 4 members (excludes halogenated alkanes) is 6. The van der Waals surface area contributed by atoms with Gasteiger partial charge in [0.25, 0.3) is 0 Å². The molecule has 102 valence electrons. The molecule has 2 heteroatoms. The molecule has 1 unspecified atom stereocenters. The molecule has 0 N–H and O–H groups in total. The van der Waals surface area contributed by atoms with Crippen LogP contribution in [-0.4, -0.2) is 12.1 Å². The summed E-state index contributed by atoms with van der Waals surface area (Å²) in [6, 6.07) is 0. The number of carbonyl (C=O) groups excluding carboxylic acids is 1. The fraction of sp³-hybridized carbons (Fsp3) is 0.933. The minimum atomic E-state index is -0.0228. The Labute approximate surface area is 107 Å². The molecule has 0 saturated heterocycles. The van der Waals surface area contributed by atoms with E-state index in [2.05, 4.69) is 13.8 Å². The minimum Gasteiger partial charge on any atom is -0.463 e. The van der Waals surface area contributed by atoms with E-state index in [0.29, 0.717) is 6.42 Å². The van der Waals surface area contributed by atoms with Crippen LogP contribution in [0, 0.1) is 0 Å². The van der Waals surface area contributed by atoms with Gasteiger partial charge in [-0.3, -0.25) is 4.79 Å². The molecule has 0 rings (SSSR count). The Morgan fingerprint density at radius 3 is 2.18 bits per heavy atom. The number of esters is 1. The van der Waals surface area contributed by atoms with Gasteiger partial charge in [-0.25, -0.2) is 0 Å². The van der Waals surface area contributed by atoms with Crippen molar-refractivity contribution in [3.63, 3.8) is 0 Å². The molecule has 0 fully saturated rings. The quantitative estimate of drug-likeness (QED) is 0.382. The van der Waals surface area contributed by atoms with E-state index >= 15 is 0 Å². The molecule has 1 atom stereocenters. The standard InChI is InChI=1S/C15H30O2/c1-4-6-8-9-10-11-12-14(3)17-15(16)13-7-5-2/h14H,4-13H2,1-3H3. The van der Waals surface area contributed by atoms with Gasteiger partial charge in [-0.05, 0) is 26.2 Å². The molecule has 17 heavy (non-hydrogen) atoms. The molecule has 0 aromatic rings. The van der Waals surface area contributed by atoms with Crippen LogP contribution in [0.5, 0.6) is 0 Å². The zero-order valence-corrected chi connectivity index (χ0v) is 12.0. The molecule has 0 radical (unpaired) electrons. The highest BCUT2D eigenvalue weighted by molar-refractivity contribution is 5.69. The molecule has 0 aromatic carbocycles. The molecule has 2 nitrogen and oxygen atoms in total. The van der Waals surface area contributed by atoms with Crippen molar-refractivity contribution < 1.29 is 9.53 Å². The van der Waals surface area contributed by atoms with Crippen molar-refractivity contribution in [2.45, 2.75) is 91.1 Å². The van der Waals surface area contributed by atoms with Gasteiger partial charge < -0.3 is 4.74 Å². The summed E-state index contributed by atoms with van der Waals surface area (Å²) in [7, 11) is 0. The normalized spacial score (nSPS) is 12.4. The SMILES string of the molecule is CCCCCCCCC(C)OC(=O)CCCC. The van der Waals surface area contributed by atoms with Crippen LogP contribution in [0.2, 0.25) is 0 Å². The van der Waals surface area contributed by atoms with E-state index in [4.69, 9.17) is 4.74 Å². The highest BCUT2D eigenvalue weighted by atomic mass is 16.5. The lowest BCUT2D eigenvalue weighted by Gasteiger charge is -2.12. The van der Waals surface area contributed by atoms with Crippen molar-refractivity contribution in [2.24, 2.45) is 0 Å². The van der Waals surface area contributed by atoms with Crippen LogP contribution in [0.1, 0.15) is 85.0 Å². The van der Waals surface area contributed by atoms with Crippen molar-refractivity contribution in [3.05, 3.63) is 0 Å². The van der Waals surface area contributed by atoms with Crippen LogP contribution in [0.3, 0.4) is 0 Å². The summed E-state index contributed by atoms with van der Waals surface area (Å²) < 4.78 is 5.34. The lowest BCUT2D eigenvalue weighted by Crippen LogP contribution is -2.14. The third-order valence-corrected chi connectivity index (χ3v) is 3.03. The zero-order valence-electron chi connectivity index (χ0n) is 12.0. The molecule has 0 spiro atoms. The van der Waals surface area contributed by atoms with Crippen LogP contribution in [0.25, 0.3) is 0 Å². The first-order valence-corrected chi connectivity index (χ1v) is 7.40. The second-order valence-corrected chi connectivity index (χ2v) is 4.96. The molecule has 0 saturated carbocycles. The van der Waals surface area contributed by atoms with Gasteiger partial charge in [0.1, 0.15) is 0 Å². The first-order chi connectivity index (χ1) is 8.20. The largest absolute Gasteiger partial charge is 0.463 e. The molecule has 0 heterocycles. The van der Waals surface area contributed by atoms with E-state index < -0.39 is 0 Å². The second-order valence-electron chi connectivity index (χ2n) is 4.96. The summed E-state index contributed by atoms with van der Waals surface area (Å²) >= 11 is 0. The molecular weight excluding hydrogens is 212 g/mol. The van der Waals surface area contributed by atoms with E-state index in [0.717, 1.165) is 19.3 Å². The predicted octanol–water partition coefficient (Wildman–Crippen LogP) is 4.86. The van der Waals surface area contributed by atoms with Gasteiger partial charge >= 0.3 is 5.97 Å². The third kappa shape index (κ3) is 11.7. The van der Waals surface area contributed by atoms with Crippen molar-refractivity contribution in [1.29, 1.82) is 0 Å². The number of hydrogen-bond acceptors (Lipinski definition) is 2. The van der Waals surface area contributed by atoms with E-state index in [9.17, 15) is 4.79 Å². The average molecular weight is 242 g/mol. The first-order valence-electron chi connectivity index (χ1n) is 7.40. The predicted molar refractivity (Wildman–Crippen MR) is 73.1 cm³/mol. The second kappa shape index (κ2) is 11.9. The van der Waals surface area contributed by atoms with Crippen LogP contribution in [0.15, 0.2) is 0 Å². The fourth-order valence-electron chi connectivity index (χ4n) is 1.88. The van der Waals surface area contributed by atoms with Gasteiger partial charge in [0.05, 0.1) is 6.10 Å². The molecule has 0 aliphatic heterocycles. The monoisotopic (exact) mass is 242 g/mol. The Kier molecular flexibility index (Phi) is 11.6. The Balaban J connectivity index is 3.33. The maximum atomic E-state index is 11.4. The number of rotatable bonds is 11. The van der Waals surface area contributed by atoms with Crippen LogP contribution < -0.4 is 0 Å². The van der Waals surface area contributed by atoms with Gasteiger partial charge in [-0.1, -0.05) is 52.4 Å². The van der Waals surface area contributed by atoms with Crippen molar-refractivity contribution in [2.75, 3.05) is 0 Å². The molecule has 0 aliphatic carbocycles. The first kappa shape index (κ1) is 16.5. The maximum absolute atomic E-state index is 11.4. The number of carbonyl (C=O) groups is 1. The van der Waals surface area contributed by atoms with Crippen molar-refractivity contribution in [1.82, 2.24) is 0 Å². The van der Waals surface area contributed by atoms with Crippen LogP contribution >= 0.6 is 0 Å². The zero-order chi connectivity index (χ0) is 12.9. The summed E-state index contributed by atoms with van der Waals surface area (Å²) in [6.07, 6.45) is 11.5. The maximum Gasteiger partial charge on any atom is 0.306 e. The van der Waals surface area contributed by atoms with E-state index in [1.807, 2.05) is 6.92 Å². The van der Waals surface area contributed by atoms with Gasteiger partial charge in [0.15, 0.2) is 0 Å². The smallest absolute Gasteiger partial charge is 0.306 e. The Morgan fingerprint density at radius 1 is 0.941 bits per heavy atom. The molecular formula is C15H30O2. The van der Waals surface area contributed by atoms with Crippen molar-refractivity contribution >= 4 is 5.97 Å². The Hall–Kier alpha value is -0.530. The van der Waals surface area contributed by atoms with E-state index in [1.54, 1.807) is 0 Å². The highest BCUT2D eigenvalue weighted by Gasteiger charge is 2.08. The average Bonchev–Trinajstić information content (AvgIpc) is 2.31. The summed E-state index contributed by atoms with van der Waals surface area (Å²) in [4.78, 5) is 11.4. The molecule has 0 bridgehead atoms. The van der Waals surface area contributed by atoms with Gasteiger partial charge in [0, 0.05) is 6.42 Å². The summed E-state index contributed by atoms with van der Waals surface area (Å²) in [6.45, 7) is 6.33. The molecule has 0 aliphatic rings. The number of ether oxygens (including phenoxy) is 1. The van der Waals surface area contributed by atoms with Crippen molar-refractivity contribution in [3.8, 4) is 0 Å². The lowest BCUT2D eigenvalue weighted by molar-refractivity contribution is -0.148. The fourth-order valence-corrected chi connectivity index (χ4v) is 1.88. The Morgan fingerprint density at radius 2 is 1.53 bits per heavy atom. The van der Waals surface area contributed by atoms with Gasteiger partial charge in [-0.15, -0.1) is 0 Å². The third-order valence-electron chi connectivity index (χ3n) is 3.03. The molecule has 0 aromatic heterocycles. The Bertz CT molecular complexity index is 178. The minimum absolute atomic E-state index is 0.0228. The summed E-state index contributed by atoms with van der Waals surface area (Å²) in [5.41, 5.74) is 0. The van der Waals surface area contributed by atoms with E-state index in [-0.39, 0.29) is 12.1 Å². The topological polar surface area (TPSA) is 26.3 Å². The van der Waals surface area contributed by atoms with Gasteiger partial charge in [-0.2, -0.15) is 0 Å². The molecule has 0 amide bonds. The summed E-state index contributed by atoms with van der Waals surface area (Å²) in [5, 5.41) is 0. The lowest BCUT2D eigenvalue weighted by atomic mass is 10.1. The van der Waals surface area contributed by atoms with Crippen LogP contribution in [-0.2, 0) is 9.53 Å². The number of hydrogen-bond donors (Lipinski definition) is 0. The summed E-state index contributed by atoms with van der Waals surface area (Å²) in [5.74, 6) is -0.0228. The van der Waals surface area contributed by atoms with E-state index in [1.165, 1.54) is 38.5 Å².